The van der Waals surface area contributed by atoms with Gasteiger partial charge in [-0.05, 0) is 37.5 Å². The fourth-order valence-corrected chi connectivity index (χ4v) is 3.47. The number of anilines is 1. The first-order valence-corrected chi connectivity index (χ1v) is 9.42. The smallest absolute Gasteiger partial charge is 0.305 e. The molecular formula is C20H26ClNO5. The number of esters is 1. The Hall–Kier alpha value is -1.89. The Labute approximate surface area is 164 Å². The first-order valence-electron chi connectivity index (χ1n) is 9.05. The highest BCUT2D eigenvalue weighted by atomic mass is 35.5. The average Bonchev–Trinajstić information content (AvgIpc) is 2.87. The molecule has 2 atom stereocenters. The summed E-state index contributed by atoms with van der Waals surface area (Å²) in [5.41, 5.74) is -0.601. The lowest BCUT2D eigenvalue weighted by atomic mass is 9.83. The molecule has 1 amide bonds. The van der Waals surface area contributed by atoms with Crippen LogP contribution in [0, 0.1) is 5.92 Å². The molecule has 0 aliphatic carbocycles. The quantitative estimate of drug-likeness (QED) is 0.381. The molecule has 148 valence electrons. The predicted octanol–water partition coefficient (Wildman–Crippen LogP) is 2.79. The van der Waals surface area contributed by atoms with Crippen LogP contribution in [-0.4, -0.2) is 42.4 Å². The summed E-state index contributed by atoms with van der Waals surface area (Å²) in [6.45, 7) is 2.15. The molecule has 0 radical (unpaired) electrons. The van der Waals surface area contributed by atoms with Gasteiger partial charge >= 0.3 is 5.97 Å². The molecule has 0 saturated heterocycles. The average molecular weight is 396 g/mol. The van der Waals surface area contributed by atoms with Gasteiger partial charge in [0.1, 0.15) is 0 Å². The number of halogens is 1. The van der Waals surface area contributed by atoms with E-state index in [1.807, 2.05) is 0 Å². The molecule has 0 unspecified atom stereocenters. The van der Waals surface area contributed by atoms with Crippen LogP contribution in [0.25, 0.3) is 0 Å². The lowest BCUT2D eigenvalue weighted by Crippen LogP contribution is -2.44. The van der Waals surface area contributed by atoms with Gasteiger partial charge in [-0.3, -0.25) is 9.59 Å². The van der Waals surface area contributed by atoms with E-state index in [0.717, 1.165) is 0 Å². The van der Waals surface area contributed by atoms with Gasteiger partial charge in [-0.25, -0.2) is 0 Å². The van der Waals surface area contributed by atoms with E-state index in [9.17, 15) is 14.7 Å². The third-order valence-electron chi connectivity index (χ3n) is 4.85. The summed E-state index contributed by atoms with van der Waals surface area (Å²) in [6.07, 6.45) is 5.42. The Balaban J connectivity index is 2.24. The first-order chi connectivity index (χ1) is 12.9. The topological polar surface area (TPSA) is 87.1 Å². The molecule has 2 N–H and O–H groups in total. The molecule has 1 aliphatic rings. The number of rotatable bonds is 9. The van der Waals surface area contributed by atoms with Crippen LogP contribution in [0.5, 0.6) is 0 Å². The number of fused-ring (bicyclic) bond motifs is 1. The maximum atomic E-state index is 13.1. The fraction of sp³-hybridized carbons (Fsp3) is 0.500. The number of aliphatic hydroxyl groups excluding tert-OH is 1. The molecule has 1 heterocycles. The highest BCUT2D eigenvalue weighted by Gasteiger charge is 2.52. The molecule has 0 fully saturated rings. The van der Waals surface area contributed by atoms with Gasteiger partial charge in [-0.15, -0.1) is 0 Å². The van der Waals surface area contributed by atoms with Gasteiger partial charge in [0, 0.05) is 36.1 Å². The highest BCUT2D eigenvalue weighted by Crippen LogP contribution is 2.46. The number of methoxy groups -OCH3 is 1. The summed E-state index contributed by atoms with van der Waals surface area (Å²) < 4.78 is 4.62. The van der Waals surface area contributed by atoms with E-state index in [2.05, 4.69) is 4.74 Å². The van der Waals surface area contributed by atoms with Gasteiger partial charge in [-0.1, -0.05) is 30.7 Å². The van der Waals surface area contributed by atoms with Crippen LogP contribution >= 0.6 is 11.6 Å². The minimum absolute atomic E-state index is 0.00430. The summed E-state index contributed by atoms with van der Waals surface area (Å²) in [6, 6.07) is 5.05. The maximum absolute atomic E-state index is 13.1. The van der Waals surface area contributed by atoms with Crippen molar-refractivity contribution >= 4 is 29.2 Å². The number of hydrogen-bond acceptors (Lipinski definition) is 5. The third kappa shape index (κ3) is 4.51. The van der Waals surface area contributed by atoms with E-state index in [1.54, 1.807) is 42.2 Å². The van der Waals surface area contributed by atoms with Crippen molar-refractivity contribution in [3.05, 3.63) is 40.9 Å². The second-order valence-electron chi connectivity index (χ2n) is 6.65. The van der Waals surface area contributed by atoms with Crippen molar-refractivity contribution in [1.82, 2.24) is 0 Å². The number of nitrogens with zero attached hydrogens (tertiary/aromatic N) is 1. The third-order valence-corrected chi connectivity index (χ3v) is 5.09. The Morgan fingerprint density at radius 1 is 1.41 bits per heavy atom. The van der Waals surface area contributed by atoms with Gasteiger partial charge < -0.3 is 19.8 Å². The molecule has 0 saturated carbocycles. The molecular weight excluding hydrogens is 370 g/mol. The summed E-state index contributed by atoms with van der Waals surface area (Å²) in [7, 11) is 1.35. The number of carbonyl (C=O) groups is 2. The highest BCUT2D eigenvalue weighted by molar-refractivity contribution is 6.31. The maximum Gasteiger partial charge on any atom is 0.305 e. The molecule has 27 heavy (non-hydrogen) atoms. The molecule has 0 aromatic heterocycles. The van der Waals surface area contributed by atoms with Gasteiger partial charge in [0.2, 0.25) is 0 Å². The van der Waals surface area contributed by atoms with Gasteiger partial charge in [0.25, 0.3) is 5.91 Å². The van der Waals surface area contributed by atoms with Crippen molar-refractivity contribution in [2.45, 2.75) is 38.2 Å². The minimum atomic E-state index is -1.71. The summed E-state index contributed by atoms with van der Waals surface area (Å²) >= 11 is 6.11. The summed E-state index contributed by atoms with van der Waals surface area (Å²) in [5, 5.41) is 20.7. The zero-order valence-corrected chi connectivity index (χ0v) is 16.4. The van der Waals surface area contributed by atoms with Crippen molar-refractivity contribution in [2.24, 2.45) is 5.92 Å². The second-order valence-corrected chi connectivity index (χ2v) is 7.08. The Morgan fingerprint density at radius 2 is 2.15 bits per heavy atom. The number of unbranched alkanes of at least 4 members (excludes halogenated alkanes) is 1. The van der Waals surface area contributed by atoms with Crippen LogP contribution in [0.1, 0.15) is 38.2 Å². The molecule has 1 aromatic rings. The number of benzene rings is 1. The van der Waals surface area contributed by atoms with E-state index >= 15 is 0 Å². The van der Waals surface area contributed by atoms with Crippen LogP contribution in [0.3, 0.4) is 0 Å². The van der Waals surface area contributed by atoms with E-state index in [0.29, 0.717) is 42.1 Å². The SMILES string of the molecule is COC(=O)CCCCN1C(=O)[C@@](O)([C@@H](C)/C=C/CCO)c2cc(Cl)ccc21. The van der Waals surface area contributed by atoms with Crippen molar-refractivity contribution < 1.29 is 24.5 Å². The molecule has 6 nitrogen and oxygen atoms in total. The minimum Gasteiger partial charge on any atom is -0.469 e. The standard InChI is InChI=1S/C20H26ClNO5/c1-14(7-4-6-12-23)20(26)16-13-15(21)9-10-17(16)22(19(20)25)11-5-3-8-18(24)27-2/h4,7,9-10,13-14,23,26H,3,5-6,8,11-12H2,1-2H3/b7-4+/t14-,20+/m0/s1. The van der Waals surface area contributed by atoms with Crippen molar-refractivity contribution in [3.63, 3.8) is 0 Å². The van der Waals surface area contributed by atoms with Crippen LogP contribution < -0.4 is 4.90 Å². The zero-order chi connectivity index (χ0) is 20.0. The Kier molecular flexibility index (Phi) is 7.41. The van der Waals surface area contributed by atoms with Crippen LogP contribution in [0.15, 0.2) is 30.4 Å². The van der Waals surface area contributed by atoms with E-state index in [1.165, 1.54) is 7.11 Å². The normalized spacial score (nSPS) is 20.2. The number of hydrogen-bond donors (Lipinski definition) is 2. The molecule has 1 aromatic carbocycles. The molecule has 7 heteroatoms. The number of ether oxygens (including phenoxy) is 1. The first kappa shape index (κ1) is 21.4. The molecule has 0 spiro atoms. The number of carbonyl (C=O) groups excluding carboxylic acids is 2. The Bertz CT molecular complexity index is 720. The predicted molar refractivity (Wildman–Crippen MR) is 104 cm³/mol. The van der Waals surface area contributed by atoms with Crippen molar-refractivity contribution in [3.8, 4) is 0 Å². The van der Waals surface area contributed by atoms with Crippen LogP contribution in [0.4, 0.5) is 5.69 Å². The van der Waals surface area contributed by atoms with Crippen LogP contribution in [-0.2, 0) is 19.9 Å². The second kappa shape index (κ2) is 9.35. The van der Waals surface area contributed by atoms with Gasteiger partial charge in [0.05, 0.1) is 12.8 Å². The number of amides is 1. The van der Waals surface area contributed by atoms with E-state index in [4.69, 9.17) is 16.7 Å². The Morgan fingerprint density at radius 3 is 2.81 bits per heavy atom. The largest absolute Gasteiger partial charge is 0.469 e. The lowest BCUT2D eigenvalue weighted by Gasteiger charge is -2.27. The van der Waals surface area contributed by atoms with Crippen LogP contribution in [0.2, 0.25) is 5.02 Å². The summed E-state index contributed by atoms with van der Waals surface area (Å²) in [5.74, 6) is -1.18. The van der Waals surface area contributed by atoms with Crippen molar-refractivity contribution in [1.29, 1.82) is 0 Å². The van der Waals surface area contributed by atoms with E-state index < -0.39 is 17.4 Å². The van der Waals surface area contributed by atoms with Crippen molar-refractivity contribution in [2.75, 3.05) is 25.2 Å². The molecule has 2 rings (SSSR count). The molecule has 1 aliphatic heterocycles. The lowest BCUT2D eigenvalue weighted by molar-refractivity contribution is -0.140. The zero-order valence-electron chi connectivity index (χ0n) is 15.7. The van der Waals surface area contributed by atoms with Gasteiger partial charge in [-0.2, -0.15) is 0 Å². The van der Waals surface area contributed by atoms with Gasteiger partial charge in [0.15, 0.2) is 5.60 Å². The fourth-order valence-electron chi connectivity index (χ4n) is 3.30. The molecule has 0 bridgehead atoms. The summed E-state index contributed by atoms with van der Waals surface area (Å²) in [4.78, 5) is 25.9. The number of aliphatic hydroxyl groups is 2. The monoisotopic (exact) mass is 395 g/mol. The van der Waals surface area contributed by atoms with E-state index in [-0.39, 0.29) is 19.0 Å².